The van der Waals surface area contributed by atoms with E-state index >= 15 is 0 Å². The molecule has 2 heterocycles. The first-order valence-corrected chi connectivity index (χ1v) is 7.29. The van der Waals surface area contributed by atoms with Crippen LogP contribution in [0.4, 0.5) is 0 Å². The van der Waals surface area contributed by atoms with E-state index in [1.54, 1.807) is 0 Å². The summed E-state index contributed by atoms with van der Waals surface area (Å²) in [6.45, 7) is 13.0. The number of rotatable bonds is 2. The monoisotopic (exact) mass is 242 g/mol. The number of likely N-dealkylation sites (N-methyl/N-ethyl adjacent to an activating group) is 1. The van der Waals surface area contributed by atoms with Crippen molar-refractivity contribution in [1.82, 2.24) is 9.80 Å². The molecule has 0 aromatic carbocycles. The summed E-state index contributed by atoms with van der Waals surface area (Å²) in [4.78, 5) is 4.99. The molecule has 0 amide bonds. The zero-order chi connectivity index (χ0) is 12.7. The van der Waals surface area contributed by atoms with Crippen LogP contribution in [0.15, 0.2) is 0 Å². The van der Waals surface area contributed by atoms with Gasteiger partial charge in [0.15, 0.2) is 0 Å². The first-order chi connectivity index (χ1) is 8.24. The van der Waals surface area contributed by atoms with E-state index < -0.39 is 0 Å². The van der Waals surface area contributed by atoms with Gasteiger partial charge in [-0.05, 0) is 39.4 Å². The maximum absolute atomic E-state index is 6.07. The molecule has 2 aliphatic rings. The van der Waals surface area contributed by atoms with Gasteiger partial charge >= 0.3 is 0 Å². The van der Waals surface area contributed by atoms with Crippen molar-refractivity contribution in [1.29, 1.82) is 0 Å². The Labute approximate surface area is 107 Å². The highest BCUT2D eigenvalue weighted by molar-refractivity contribution is 4.93. The van der Waals surface area contributed by atoms with E-state index in [1.807, 2.05) is 13.8 Å². The molecule has 0 N–H and O–H groups in total. The molecule has 0 aromatic heterocycles. The first kappa shape index (κ1) is 14.9. The fourth-order valence-corrected chi connectivity index (χ4v) is 2.98. The quantitative estimate of drug-likeness (QED) is 0.738. The van der Waals surface area contributed by atoms with E-state index in [0.717, 1.165) is 26.2 Å². The van der Waals surface area contributed by atoms with Crippen LogP contribution in [0, 0.1) is 0 Å². The van der Waals surface area contributed by atoms with Gasteiger partial charge in [0.1, 0.15) is 0 Å². The minimum atomic E-state index is 0.153. The molecular formula is C14H30N2O. The molecule has 3 heteroatoms. The summed E-state index contributed by atoms with van der Waals surface area (Å²) in [5.41, 5.74) is 0.153. The standard InChI is InChI=1S/C12H24N2O.C2H6/c1-3-6-14-7-4-5-12(11-14)10-13(2)8-9-15-12;1-2/h3-11H2,1-2H3;1-2H3. The van der Waals surface area contributed by atoms with Gasteiger partial charge in [-0.25, -0.2) is 0 Å². The minimum Gasteiger partial charge on any atom is -0.371 e. The van der Waals surface area contributed by atoms with Gasteiger partial charge in [0.25, 0.3) is 0 Å². The van der Waals surface area contributed by atoms with Crippen molar-refractivity contribution in [3.8, 4) is 0 Å². The third kappa shape index (κ3) is 4.23. The predicted octanol–water partition coefficient (Wildman–Crippen LogP) is 2.22. The van der Waals surface area contributed by atoms with Crippen LogP contribution in [0.1, 0.15) is 40.0 Å². The zero-order valence-electron chi connectivity index (χ0n) is 12.2. The molecule has 17 heavy (non-hydrogen) atoms. The molecule has 3 nitrogen and oxygen atoms in total. The van der Waals surface area contributed by atoms with Crippen LogP contribution in [-0.4, -0.2) is 61.8 Å². The van der Waals surface area contributed by atoms with Gasteiger partial charge in [-0.2, -0.15) is 0 Å². The van der Waals surface area contributed by atoms with Crippen molar-refractivity contribution < 1.29 is 4.74 Å². The number of ether oxygens (including phenoxy) is 1. The molecule has 1 unspecified atom stereocenters. The Bertz CT molecular complexity index is 204. The minimum absolute atomic E-state index is 0.153. The van der Waals surface area contributed by atoms with Crippen LogP contribution in [0.3, 0.4) is 0 Å². The van der Waals surface area contributed by atoms with Gasteiger partial charge < -0.3 is 14.5 Å². The van der Waals surface area contributed by atoms with Crippen molar-refractivity contribution in [2.45, 2.75) is 45.6 Å². The maximum atomic E-state index is 6.07. The summed E-state index contributed by atoms with van der Waals surface area (Å²) >= 11 is 0. The van der Waals surface area contributed by atoms with E-state index in [2.05, 4.69) is 23.8 Å². The highest BCUT2D eigenvalue weighted by Gasteiger charge is 2.39. The molecule has 0 radical (unpaired) electrons. The number of likely N-dealkylation sites (tertiary alicyclic amines) is 1. The van der Waals surface area contributed by atoms with Crippen LogP contribution < -0.4 is 0 Å². The molecule has 102 valence electrons. The largest absolute Gasteiger partial charge is 0.371 e. The van der Waals surface area contributed by atoms with Gasteiger partial charge in [-0.3, -0.25) is 0 Å². The maximum Gasteiger partial charge on any atom is 0.0935 e. The Morgan fingerprint density at radius 3 is 2.59 bits per heavy atom. The van der Waals surface area contributed by atoms with E-state index in [-0.39, 0.29) is 5.60 Å². The second-order valence-corrected chi connectivity index (χ2v) is 5.15. The molecule has 0 aromatic rings. The summed E-state index contributed by atoms with van der Waals surface area (Å²) in [5.74, 6) is 0. The number of nitrogens with zero attached hydrogens (tertiary/aromatic N) is 2. The van der Waals surface area contributed by atoms with Crippen LogP contribution in [0.2, 0.25) is 0 Å². The third-order valence-corrected chi connectivity index (χ3v) is 3.60. The fourth-order valence-electron chi connectivity index (χ4n) is 2.98. The number of hydrogen-bond donors (Lipinski definition) is 0. The Balaban J connectivity index is 0.000000686. The van der Waals surface area contributed by atoms with E-state index in [4.69, 9.17) is 4.74 Å². The molecule has 0 bridgehead atoms. The molecule has 2 saturated heterocycles. The van der Waals surface area contributed by atoms with Gasteiger partial charge in [-0.1, -0.05) is 20.8 Å². The average Bonchev–Trinajstić information content (AvgIpc) is 2.32. The topological polar surface area (TPSA) is 15.7 Å². The average molecular weight is 242 g/mol. The normalized spacial score (nSPS) is 31.1. The van der Waals surface area contributed by atoms with Gasteiger partial charge in [0, 0.05) is 19.6 Å². The second kappa shape index (κ2) is 7.34. The molecule has 2 aliphatic heterocycles. The van der Waals surface area contributed by atoms with Crippen LogP contribution >= 0.6 is 0 Å². The lowest BCUT2D eigenvalue weighted by Crippen LogP contribution is -2.58. The molecule has 2 rings (SSSR count). The van der Waals surface area contributed by atoms with Crippen LogP contribution in [0.5, 0.6) is 0 Å². The molecule has 1 atom stereocenters. The lowest BCUT2D eigenvalue weighted by Gasteiger charge is -2.47. The van der Waals surface area contributed by atoms with Crippen molar-refractivity contribution in [2.75, 3.05) is 46.4 Å². The van der Waals surface area contributed by atoms with Crippen molar-refractivity contribution in [3.05, 3.63) is 0 Å². The van der Waals surface area contributed by atoms with Crippen molar-refractivity contribution in [2.24, 2.45) is 0 Å². The SMILES string of the molecule is CC.CCCN1CCCC2(CN(C)CCO2)C1. The highest BCUT2D eigenvalue weighted by atomic mass is 16.5. The number of morpholine rings is 1. The Morgan fingerprint density at radius 1 is 1.18 bits per heavy atom. The third-order valence-electron chi connectivity index (χ3n) is 3.60. The molecule has 1 spiro atoms. The Morgan fingerprint density at radius 2 is 1.94 bits per heavy atom. The number of hydrogen-bond acceptors (Lipinski definition) is 3. The second-order valence-electron chi connectivity index (χ2n) is 5.15. The molecule has 0 saturated carbocycles. The molecule has 2 fully saturated rings. The van der Waals surface area contributed by atoms with Gasteiger partial charge in [0.05, 0.1) is 12.2 Å². The summed E-state index contributed by atoms with van der Waals surface area (Å²) in [5, 5.41) is 0. The lowest BCUT2D eigenvalue weighted by molar-refractivity contribution is -0.135. The van der Waals surface area contributed by atoms with Gasteiger partial charge in [-0.15, -0.1) is 0 Å². The summed E-state index contributed by atoms with van der Waals surface area (Å²) in [6.07, 6.45) is 3.80. The Kier molecular flexibility index (Phi) is 6.45. The fraction of sp³-hybridized carbons (Fsp3) is 1.00. The summed E-state index contributed by atoms with van der Waals surface area (Å²) in [7, 11) is 2.21. The van der Waals surface area contributed by atoms with Crippen LogP contribution in [-0.2, 0) is 4.74 Å². The van der Waals surface area contributed by atoms with E-state index in [1.165, 1.54) is 32.4 Å². The molecule has 0 aliphatic carbocycles. The van der Waals surface area contributed by atoms with Crippen LogP contribution in [0.25, 0.3) is 0 Å². The summed E-state index contributed by atoms with van der Waals surface area (Å²) in [6, 6.07) is 0. The van der Waals surface area contributed by atoms with E-state index in [9.17, 15) is 0 Å². The number of piperidine rings is 1. The summed E-state index contributed by atoms with van der Waals surface area (Å²) < 4.78 is 6.07. The van der Waals surface area contributed by atoms with E-state index in [0.29, 0.717) is 0 Å². The Hall–Kier alpha value is -0.120. The predicted molar refractivity (Wildman–Crippen MR) is 73.5 cm³/mol. The van der Waals surface area contributed by atoms with Crippen molar-refractivity contribution >= 4 is 0 Å². The lowest BCUT2D eigenvalue weighted by atomic mass is 9.91. The van der Waals surface area contributed by atoms with Gasteiger partial charge in [0.2, 0.25) is 0 Å². The smallest absolute Gasteiger partial charge is 0.0935 e. The highest BCUT2D eigenvalue weighted by Crippen LogP contribution is 2.28. The molecular weight excluding hydrogens is 212 g/mol. The van der Waals surface area contributed by atoms with Crippen molar-refractivity contribution in [3.63, 3.8) is 0 Å². The zero-order valence-corrected chi connectivity index (χ0v) is 12.2. The first-order valence-electron chi connectivity index (χ1n) is 7.29.